The van der Waals surface area contributed by atoms with Crippen molar-refractivity contribution in [2.75, 3.05) is 7.11 Å². The van der Waals surface area contributed by atoms with Crippen LogP contribution in [0.2, 0.25) is 10.0 Å². The molecule has 1 aromatic rings. The molecule has 0 fully saturated rings. The van der Waals surface area contributed by atoms with E-state index in [0.717, 1.165) is 12.1 Å². The average Bonchev–Trinajstić information content (AvgIpc) is 2.15. The summed E-state index contributed by atoms with van der Waals surface area (Å²) in [7, 11) is 1.22. The molecule has 0 saturated heterocycles. The maximum Gasteiger partial charge on any atom is 0.454 e. The third kappa shape index (κ3) is 2.59. The molecule has 0 aliphatic heterocycles. The van der Waals surface area contributed by atoms with E-state index in [0.29, 0.717) is 0 Å². The van der Waals surface area contributed by atoms with E-state index in [-0.39, 0.29) is 15.8 Å². The molecule has 0 spiro atoms. The van der Waals surface area contributed by atoms with E-state index in [1.54, 1.807) is 0 Å². The summed E-state index contributed by atoms with van der Waals surface area (Å²) in [4.78, 5) is 11.0. The molecule has 7 heteroatoms. The number of hydrogen-bond acceptors (Lipinski definition) is 2. The van der Waals surface area contributed by atoms with Gasteiger partial charge in [0.1, 0.15) is 5.75 Å². The molecule has 0 aliphatic rings. The highest BCUT2D eigenvalue weighted by atomic mass is 35.5. The van der Waals surface area contributed by atoms with Crippen molar-refractivity contribution < 1.29 is 22.7 Å². The van der Waals surface area contributed by atoms with Gasteiger partial charge in [-0.2, -0.15) is 13.2 Å². The third-order valence-corrected chi connectivity index (χ3v) is 2.35. The Morgan fingerprint density at radius 1 is 1.25 bits per heavy atom. The highest BCUT2D eigenvalue weighted by Crippen LogP contribution is 2.34. The molecule has 88 valence electrons. The van der Waals surface area contributed by atoms with Gasteiger partial charge in [0.2, 0.25) is 0 Å². The summed E-state index contributed by atoms with van der Waals surface area (Å²) in [6.07, 6.45) is -4.98. The van der Waals surface area contributed by atoms with Gasteiger partial charge in [0, 0.05) is 5.56 Å². The molecular formula is C9H5Cl2F3O2. The van der Waals surface area contributed by atoms with Gasteiger partial charge in [-0.15, -0.1) is 0 Å². The van der Waals surface area contributed by atoms with Crippen molar-refractivity contribution in [2.24, 2.45) is 0 Å². The second kappa shape index (κ2) is 4.51. The summed E-state index contributed by atoms with van der Waals surface area (Å²) in [6.45, 7) is 0. The second-order valence-corrected chi connectivity index (χ2v) is 3.61. The predicted molar refractivity (Wildman–Crippen MR) is 53.4 cm³/mol. The lowest BCUT2D eigenvalue weighted by Crippen LogP contribution is -2.23. The number of halogens is 5. The number of benzene rings is 1. The summed E-state index contributed by atoms with van der Waals surface area (Å²) in [6, 6.07) is 1.89. The Labute approximate surface area is 98.9 Å². The first-order chi connectivity index (χ1) is 7.27. The van der Waals surface area contributed by atoms with Crippen LogP contribution in [0.4, 0.5) is 13.2 Å². The van der Waals surface area contributed by atoms with Crippen molar-refractivity contribution in [3.63, 3.8) is 0 Å². The van der Waals surface area contributed by atoms with Gasteiger partial charge in [-0.1, -0.05) is 23.2 Å². The van der Waals surface area contributed by atoms with Crippen LogP contribution in [0.25, 0.3) is 0 Å². The minimum absolute atomic E-state index is 0.0335. The Bertz CT molecular complexity index is 429. The van der Waals surface area contributed by atoms with E-state index >= 15 is 0 Å². The minimum Gasteiger partial charge on any atom is -0.495 e. The van der Waals surface area contributed by atoms with Crippen LogP contribution >= 0.6 is 23.2 Å². The molecule has 2 nitrogen and oxygen atoms in total. The summed E-state index contributed by atoms with van der Waals surface area (Å²) in [5, 5.41) is -0.334. The molecular weight excluding hydrogens is 268 g/mol. The van der Waals surface area contributed by atoms with E-state index in [4.69, 9.17) is 27.9 Å². The molecule has 1 aromatic carbocycles. The lowest BCUT2D eigenvalue weighted by molar-refractivity contribution is -0.0885. The Hall–Kier alpha value is -0.940. The average molecular weight is 273 g/mol. The SMILES string of the molecule is COc1cc(C(=O)C(F)(F)F)c(Cl)cc1Cl. The van der Waals surface area contributed by atoms with E-state index in [9.17, 15) is 18.0 Å². The smallest absolute Gasteiger partial charge is 0.454 e. The Balaban J connectivity index is 3.30. The zero-order chi connectivity index (χ0) is 12.5. The molecule has 0 saturated carbocycles. The van der Waals surface area contributed by atoms with Gasteiger partial charge in [-0.3, -0.25) is 4.79 Å². The standard InChI is InChI=1S/C9H5Cl2F3O2/c1-16-7-2-4(5(10)3-6(7)11)8(15)9(12,13)14/h2-3H,1H3. The maximum atomic E-state index is 12.2. The predicted octanol–water partition coefficient (Wildman–Crippen LogP) is 3.75. The van der Waals surface area contributed by atoms with Crippen molar-refractivity contribution >= 4 is 29.0 Å². The van der Waals surface area contributed by atoms with Crippen molar-refractivity contribution in [1.82, 2.24) is 0 Å². The van der Waals surface area contributed by atoms with Crippen LogP contribution in [0.1, 0.15) is 10.4 Å². The van der Waals surface area contributed by atoms with Crippen molar-refractivity contribution in [2.45, 2.75) is 6.18 Å². The van der Waals surface area contributed by atoms with Gasteiger partial charge in [-0.05, 0) is 12.1 Å². The lowest BCUT2D eigenvalue weighted by Gasteiger charge is -2.10. The molecule has 1 rings (SSSR count). The number of ketones is 1. The normalized spacial score (nSPS) is 11.4. The van der Waals surface area contributed by atoms with Gasteiger partial charge in [0.15, 0.2) is 0 Å². The molecule has 16 heavy (non-hydrogen) atoms. The number of hydrogen-bond donors (Lipinski definition) is 0. The van der Waals surface area contributed by atoms with Crippen molar-refractivity contribution in [3.05, 3.63) is 27.7 Å². The number of carbonyl (C=O) groups excluding carboxylic acids is 1. The Kier molecular flexibility index (Phi) is 3.70. The third-order valence-electron chi connectivity index (χ3n) is 1.74. The van der Waals surface area contributed by atoms with Gasteiger partial charge < -0.3 is 4.74 Å². The molecule has 0 heterocycles. The van der Waals surface area contributed by atoms with Crippen LogP contribution < -0.4 is 4.74 Å². The zero-order valence-electron chi connectivity index (χ0n) is 7.86. The number of ether oxygens (including phenoxy) is 1. The molecule has 0 N–H and O–H groups in total. The van der Waals surface area contributed by atoms with Crippen LogP contribution in [0, 0.1) is 0 Å². The van der Waals surface area contributed by atoms with Crippen molar-refractivity contribution in [3.8, 4) is 5.75 Å². The van der Waals surface area contributed by atoms with E-state index in [1.807, 2.05) is 0 Å². The highest BCUT2D eigenvalue weighted by molar-refractivity contribution is 6.37. The number of rotatable bonds is 2. The zero-order valence-corrected chi connectivity index (χ0v) is 9.37. The Morgan fingerprint density at radius 3 is 2.25 bits per heavy atom. The van der Waals surface area contributed by atoms with Crippen LogP contribution in [0.15, 0.2) is 12.1 Å². The van der Waals surface area contributed by atoms with Crippen LogP contribution in [-0.2, 0) is 0 Å². The van der Waals surface area contributed by atoms with Crippen LogP contribution in [0.5, 0.6) is 5.75 Å². The number of carbonyl (C=O) groups is 1. The van der Waals surface area contributed by atoms with Gasteiger partial charge in [-0.25, -0.2) is 0 Å². The summed E-state index contributed by atoms with van der Waals surface area (Å²) in [5.41, 5.74) is -0.685. The molecule has 0 unspecified atom stereocenters. The van der Waals surface area contributed by atoms with E-state index in [2.05, 4.69) is 0 Å². The molecule has 0 aromatic heterocycles. The van der Waals surface area contributed by atoms with Crippen LogP contribution in [0.3, 0.4) is 0 Å². The quantitative estimate of drug-likeness (QED) is 0.767. The summed E-state index contributed by atoms with van der Waals surface area (Å²) >= 11 is 11.1. The maximum absolute atomic E-state index is 12.2. The highest BCUT2D eigenvalue weighted by Gasteiger charge is 2.40. The Morgan fingerprint density at radius 2 is 1.81 bits per heavy atom. The fourth-order valence-electron chi connectivity index (χ4n) is 1.01. The first-order valence-corrected chi connectivity index (χ1v) is 4.67. The first kappa shape index (κ1) is 13.1. The minimum atomic E-state index is -4.98. The summed E-state index contributed by atoms with van der Waals surface area (Å²) in [5.74, 6) is -2.08. The molecule has 0 atom stereocenters. The summed E-state index contributed by atoms with van der Waals surface area (Å²) < 4.78 is 41.2. The topological polar surface area (TPSA) is 26.3 Å². The second-order valence-electron chi connectivity index (χ2n) is 2.79. The molecule has 0 bridgehead atoms. The van der Waals surface area contributed by atoms with E-state index in [1.165, 1.54) is 7.11 Å². The van der Waals surface area contributed by atoms with Gasteiger partial charge in [0.25, 0.3) is 5.78 Å². The number of Topliss-reactive ketones (excluding diaryl/α,β-unsaturated/α-hetero) is 1. The van der Waals surface area contributed by atoms with Gasteiger partial charge in [0.05, 0.1) is 17.2 Å². The molecule has 0 amide bonds. The number of methoxy groups -OCH3 is 1. The fraction of sp³-hybridized carbons (Fsp3) is 0.222. The largest absolute Gasteiger partial charge is 0.495 e. The van der Waals surface area contributed by atoms with Crippen LogP contribution in [-0.4, -0.2) is 19.1 Å². The fourth-order valence-corrected chi connectivity index (χ4v) is 1.56. The first-order valence-electron chi connectivity index (χ1n) is 3.92. The molecule has 0 aliphatic carbocycles. The van der Waals surface area contributed by atoms with Gasteiger partial charge >= 0.3 is 6.18 Å². The monoisotopic (exact) mass is 272 g/mol. The molecule has 0 radical (unpaired) electrons. The number of alkyl halides is 3. The lowest BCUT2D eigenvalue weighted by atomic mass is 10.1. The van der Waals surface area contributed by atoms with Crippen molar-refractivity contribution in [1.29, 1.82) is 0 Å². The van der Waals surface area contributed by atoms with E-state index < -0.39 is 17.5 Å².